The van der Waals surface area contributed by atoms with Crippen molar-refractivity contribution in [2.75, 3.05) is 6.61 Å². The van der Waals surface area contributed by atoms with E-state index in [0.29, 0.717) is 17.3 Å². The van der Waals surface area contributed by atoms with Crippen molar-refractivity contribution in [2.45, 2.75) is 42.4 Å². The van der Waals surface area contributed by atoms with E-state index in [1.54, 1.807) is 30.3 Å². The summed E-state index contributed by atoms with van der Waals surface area (Å²) >= 11 is 0.570. The molecule has 6 atom stereocenters. The third-order valence-corrected chi connectivity index (χ3v) is 5.28. The Bertz CT molecular complexity index is 764. The Kier molecular flexibility index (Phi) is 11.7. The van der Waals surface area contributed by atoms with Gasteiger partial charge in [0.2, 0.25) is 0 Å². The largest absolute Gasteiger partial charge is 1.00 e. The van der Waals surface area contributed by atoms with Crippen molar-refractivity contribution in [2.24, 2.45) is 5.16 Å². The molecule has 0 radical (unpaired) electrons. The molecule has 0 unspecified atom stereocenters. The van der Waals surface area contributed by atoms with Crippen LogP contribution in [0, 0.1) is 0 Å². The van der Waals surface area contributed by atoms with Crippen LogP contribution in [0.2, 0.25) is 0 Å². The van der Waals surface area contributed by atoms with E-state index in [1.165, 1.54) is 0 Å². The topological polar surface area (TPSA) is 189 Å². The predicted octanol–water partition coefficient (Wildman–Crippen LogP) is -4.56. The van der Waals surface area contributed by atoms with Crippen LogP contribution in [0.4, 0.5) is 0 Å². The SMILES string of the molecule is O=S(=O)([O-])O/N=C(\C[C@@H](O)c1ccccc1)S[C@@H]1O[C@H](CO)[C@@H](O)[C@H](O)[C@H]1O.[K+]. The summed E-state index contributed by atoms with van der Waals surface area (Å²) in [4.78, 5) is 0. The summed E-state index contributed by atoms with van der Waals surface area (Å²) in [6.45, 7) is -0.660. The van der Waals surface area contributed by atoms with E-state index in [1.807, 2.05) is 0 Å². The molecule has 0 aliphatic carbocycles. The zero-order valence-corrected chi connectivity index (χ0v) is 20.1. The Hall–Kier alpha value is 0.346. The van der Waals surface area contributed by atoms with E-state index in [4.69, 9.17) is 4.74 Å². The van der Waals surface area contributed by atoms with Gasteiger partial charge in [-0.15, -0.1) is 0 Å². The van der Waals surface area contributed by atoms with Crippen molar-refractivity contribution in [1.29, 1.82) is 0 Å². The fourth-order valence-electron chi connectivity index (χ4n) is 2.45. The number of thioether (sulfide) groups is 1. The van der Waals surface area contributed by atoms with Crippen molar-refractivity contribution < 1.29 is 98.9 Å². The zero-order chi connectivity index (χ0) is 20.9. The molecule has 0 spiro atoms. The maximum atomic E-state index is 10.7. The van der Waals surface area contributed by atoms with E-state index in [9.17, 15) is 38.5 Å². The minimum atomic E-state index is -5.17. The van der Waals surface area contributed by atoms with Crippen LogP contribution < -0.4 is 51.4 Å². The molecule has 1 aliphatic rings. The van der Waals surface area contributed by atoms with Crippen molar-refractivity contribution in [1.82, 2.24) is 0 Å². The van der Waals surface area contributed by atoms with Crippen LogP contribution in [0.25, 0.3) is 0 Å². The van der Waals surface area contributed by atoms with Crippen molar-refractivity contribution >= 4 is 27.2 Å². The molecule has 158 valence electrons. The van der Waals surface area contributed by atoms with Gasteiger partial charge < -0.3 is 34.8 Å². The predicted molar refractivity (Wildman–Crippen MR) is 95.6 cm³/mol. The van der Waals surface area contributed by atoms with Crippen molar-refractivity contribution in [3.8, 4) is 0 Å². The van der Waals surface area contributed by atoms with Crippen LogP contribution >= 0.6 is 11.8 Å². The number of aliphatic hydroxyl groups is 5. The second kappa shape index (κ2) is 12.4. The number of benzene rings is 1. The molecule has 5 N–H and O–H groups in total. The molecule has 11 nitrogen and oxygen atoms in total. The summed E-state index contributed by atoms with van der Waals surface area (Å²) in [5.74, 6) is 0. The van der Waals surface area contributed by atoms with E-state index >= 15 is 0 Å². The van der Waals surface area contributed by atoms with Gasteiger partial charge in [0.25, 0.3) is 10.4 Å². The monoisotopic (exact) mass is 477 g/mol. The Labute approximate surface area is 214 Å². The smallest absolute Gasteiger partial charge is 0.714 e. The molecule has 1 aliphatic heterocycles. The number of oxime groups is 1. The molecule has 1 heterocycles. The number of nitrogens with zero attached hydrogens (tertiary/aromatic N) is 1. The molecular weight excluding hydrogens is 457 g/mol. The van der Waals surface area contributed by atoms with Crippen LogP contribution in [0.3, 0.4) is 0 Å². The van der Waals surface area contributed by atoms with Gasteiger partial charge in [0.05, 0.1) is 12.7 Å². The van der Waals surface area contributed by atoms with Crippen LogP contribution in [0.5, 0.6) is 0 Å². The van der Waals surface area contributed by atoms with Crippen LogP contribution in [0.15, 0.2) is 35.5 Å². The number of rotatable bonds is 7. The number of hydrogen-bond donors (Lipinski definition) is 5. The Balaban J connectivity index is 0.00000420. The Morgan fingerprint density at radius 3 is 2.38 bits per heavy atom. The van der Waals surface area contributed by atoms with E-state index < -0.39 is 53.0 Å². The van der Waals surface area contributed by atoms with Gasteiger partial charge in [-0.05, 0) is 5.56 Å². The number of aliphatic hydroxyl groups excluding tert-OH is 5. The van der Waals surface area contributed by atoms with Gasteiger partial charge in [0.1, 0.15) is 34.9 Å². The molecule has 29 heavy (non-hydrogen) atoms. The second-order valence-corrected chi connectivity index (χ2v) is 8.05. The minimum Gasteiger partial charge on any atom is -0.714 e. The van der Waals surface area contributed by atoms with Crippen molar-refractivity contribution in [3.63, 3.8) is 0 Å². The summed E-state index contributed by atoms with van der Waals surface area (Å²) in [6.07, 6.45) is -7.53. The molecular formula is C15H20KNO10S2. The van der Waals surface area contributed by atoms with E-state index in [2.05, 4.69) is 9.44 Å². The summed E-state index contributed by atoms with van der Waals surface area (Å²) in [5, 5.41) is 52.2. The molecule has 14 heteroatoms. The van der Waals surface area contributed by atoms with Gasteiger partial charge in [-0.1, -0.05) is 47.2 Å². The van der Waals surface area contributed by atoms with E-state index in [0.717, 1.165) is 0 Å². The van der Waals surface area contributed by atoms with Crippen LogP contribution in [0.1, 0.15) is 18.1 Å². The summed E-state index contributed by atoms with van der Waals surface area (Å²) in [6, 6.07) is 8.26. The summed E-state index contributed by atoms with van der Waals surface area (Å²) < 4.78 is 41.3. The molecule has 0 saturated carbocycles. The Morgan fingerprint density at radius 1 is 1.21 bits per heavy atom. The maximum absolute atomic E-state index is 10.7. The fraction of sp³-hybridized carbons (Fsp3) is 0.533. The molecule has 0 amide bonds. The third kappa shape index (κ3) is 8.42. The Morgan fingerprint density at radius 2 is 1.83 bits per heavy atom. The molecule has 1 aromatic rings. The molecule has 1 aromatic carbocycles. The van der Waals surface area contributed by atoms with Crippen LogP contribution in [-0.4, -0.2) is 80.0 Å². The maximum Gasteiger partial charge on any atom is 1.00 e. The second-order valence-electron chi connectivity index (χ2n) is 5.91. The van der Waals surface area contributed by atoms with Gasteiger partial charge >= 0.3 is 51.4 Å². The summed E-state index contributed by atoms with van der Waals surface area (Å²) in [5.41, 5.74) is -0.829. The first-order valence-corrected chi connectivity index (χ1v) is 10.2. The van der Waals surface area contributed by atoms with Crippen LogP contribution in [-0.2, 0) is 19.4 Å². The molecule has 0 aromatic heterocycles. The van der Waals surface area contributed by atoms with Crippen molar-refractivity contribution in [3.05, 3.63) is 35.9 Å². The minimum absolute atomic E-state index is 0. The van der Waals surface area contributed by atoms with E-state index in [-0.39, 0.29) is 62.8 Å². The quantitative estimate of drug-likeness (QED) is 0.0635. The van der Waals surface area contributed by atoms with Gasteiger partial charge in [0, 0.05) is 6.42 Å². The fourth-order valence-corrected chi connectivity index (χ4v) is 3.78. The first kappa shape index (κ1) is 27.4. The molecule has 0 bridgehead atoms. The normalized spacial score (nSPS) is 29.0. The van der Waals surface area contributed by atoms with Gasteiger partial charge in [-0.25, -0.2) is 0 Å². The van der Waals surface area contributed by atoms with Gasteiger partial charge in [0.15, 0.2) is 0 Å². The number of hydrogen-bond acceptors (Lipinski definition) is 12. The average molecular weight is 478 g/mol. The zero-order valence-electron chi connectivity index (χ0n) is 15.3. The summed E-state index contributed by atoms with van der Waals surface area (Å²) in [7, 11) is -5.17. The standard InChI is InChI=1S/C15H21NO10S2.K/c17-7-10-12(19)13(20)14(21)15(25-10)27-11(16-26-28(22,23)24)6-9(18)8-4-2-1-3-5-8;/h1-5,9-10,12-15,17-21H,6-7H2,(H,22,23,24);/q;+1/p-1/b16-11+;/t9-,10-,12-,13+,14-,15+;/m1./s1. The molecule has 2 rings (SSSR count). The first-order valence-electron chi connectivity index (χ1n) is 8.04. The average Bonchev–Trinajstić information content (AvgIpc) is 2.66. The van der Waals surface area contributed by atoms with Gasteiger partial charge in [-0.2, -0.15) is 8.42 Å². The molecule has 1 fully saturated rings. The van der Waals surface area contributed by atoms with Gasteiger partial charge in [-0.3, -0.25) is 4.28 Å². The molecule has 1 saturated heterocycles. The first-order chi connectivity index (χ1) is 13.1. The third-order valence-electron chi connectivity index (χ3n) is 3.88. The number of ether oxygens (including phenoxy) is 1.